The zero-order valence-electron chi connectivity index (χ0n) is 11.5. The second kappa shape index (κ2) is 5.99. The summed E-state index contributed by atoms with van der Waals surface area (Å²) in [6, 6.07) is 0.698. The standard InChI is InChI=1S/C13H23N3OS/c1-4-11-12(9-17)18-13(14-11)16-7-5-10(6-8-16)15(2)3/h10,17H,4-9H2,1-3H3. The third kappa shape index (κ3) is 2.84. The van der Waals surface area contributed by atoms with Gasteiger partial charge in [0.15, 0.2) is 5.13 Å². The minimum atomic E-state index is 0.120. The van der Waals surface area contributed by atoms with Crippen molar-refractivity contribution in [2.45, 2.75) is 38.8 Å². The van der Waals surface area contributed by atoms with Gasteiger partial charge in [0.05, 0.1) is 17.2 Å². The normalized spacial score (nSPS) is 17.7. The van der Waals surface area contributed by atoms with Crippen molar-refractivity contribution in [3.05, 3.63) is 10.6 Å². The Morgan fingerprint density at radius 3 is 2.50 bits per heavy atom. The van der Waals surface area contributed by atoms with Crippen molar-refractivity contribution in [2.24, 2.45) is 0 Å². The molecule has 1 fully saturated rings. The molecule has 0 aromatic carbocycles. The molecule has 0 atom stereocenters. The van der Waals surface area contributed by atoms with Crippen molar-refractivity contribution in [3.63, 3.8) is 0 Å². The van der Waals surface area contributed by atoms with Gasteiger partial charge in [-0.25, -0.2) is 4.98 Å². The van der Waals surface area contributed by atoms with Crippen LogP contribution < -0.4 is 4.90 Å². The highest BCUT2D eigenvalue weighted by Crippen LogP contribution is 2.29. The summed E-state index contributed by atoms with van der Waals surface area (Å²) < 4.78 is 0. The highest BCUT2D eigenvalue weighted by molar-refractivity contribution is 7.15. The molecule has 102 valence electrons. The predicted octanol–water partition coefficient (Wildman–Crippen LogP) is 1.73. The number of hydrogen-bond acceptors (Lipinski definition) is 5. The fraction of sp³-hybridized carbons (Fsp3) is 0.769. The van der Waals surface area contributed by atoms with E-state index in [4.69, 9.17) is 0 Å². The molecule has 0 radical (unpaired) electrons. The van der Waals surface area contributed by atoms with Crippen molar-refractivity contribution in [1.29, 1.82) is 0 Å². The first-order valence-corrected chi connectivity index (χ1v) is 7.48. The van der Waals surface area contributed by atoms with Crippen LogP contribution in [0, 0.1) is 0 Å². The van der Waals surface area contributed by atoms with Gasteiger partial charge in [-0.05, 0) is 33.4 Å². The van der Waals surface area contributed by atoms with Crippen LogP contribution in [0.4, 0.5) is 5.13 Å². The quantitative estimate of drug-likeness (QED) is 0.903. The lowest BCUT2D eigenvalue weighted by Crippen LogP contribution is -2.41. The Bertz CT molecular complexity index is 362. The van der Waals surface area contributed by atoms with E-state index >= 15 is 0 Å². The largest absolute Gasteiger partial charge is 0.391 e. The summed E-state index contributed by atoms with van der Waals surface area (Å²) >= 11 is 1.65. The number of nitrogens with zero attached hydrogens (tertiary/aromatic N) is 3. The fourth-order valence-electron chi connectivity index (χ4n) is 2.48. The monoisotopic (exact) mass is 269 g/mol. The van der Waals surface area contributed by atoms with Crippen molar-refractivity contribution < 1.29 is 5.11 Å². The molecule has 4 nitrogen and oxygen atoms in total. The summed E-state index contributed by atoms with van der Waals surface area (Å²) in [5.74, 6) is 0. The maximum absolute atomic E-state index is 9.32. The minimum absolute atomic E-state index is 0.120. The van der Waals surface area contributed by atoms with Gasteiger partial charge in [-0.15, -0.1) is 0 Å². The van der Waals surface area contributed by atoms with Crippen molar-refractivity contribution in [1.82, 2.24) is 9.88 Å². The summed E-state index contributed by atoms with van der Waals surface area (Å²) in [4.78, 5) is 10.4. The number of aliphatic hydroxyl groups excluding tert-OH is 1. The number of aliphatic hydroxyl groups is 1. The van der Waals surface area contributed by atoms with Gasteiger partial charge in [0, 0.05) is 19.1 Å². The molecule has 2 heterocycles. The molecular formula is C13H23N3OS. The van der Waals surface area contributed by atoms with Crippen LogP contribution in [0.1, 0.15) is 30.3 Å². The number of thiazole rings is 1. The van der Waals surface area contributed by atoms with Gasteiger partial charge in [-0.2, -0.15) is 0 Å². The van der Waals surface area contributed by atoms with Crippen molar-refractivity contribution in [2.75, 3.05) is 32.1 Å². The summed E-state index contributed by atoms with van der Waals surface area (Å²) in [6.07, 6.45) is 3.30. The van der Waals surface area contributed by atoms with E-state index in [1.165, 1.54) is 12.8 Å². The van der Waals surface area contributed by atoms with Crippen LogP contribution in [0.2, 0.25) is 0 Å². The molecule has 1 aliphatic heterocycles. The van der Waals surface area contributed by atoms with Crippen LogP contribution in [0.5, 0.6) is 0 Å². The zero-order chi connectivity index (χ0) is 13.1. The molecule has 0 spiro atoms. The number of anilines is 1. The van der Waals surface area contributed by atoms with Crippen LogP contribution in [0.25, 0.3) is 0 Å². The number of piperidine rings is 1. The third-order valence-electron chi connectivity index (χ3n) is 3.71. The lowest BCUT2D eigenvalue weighted by molar-refractivity contribution is 0.249. The molecule has 0 amide bonds. The second-order valence-electron chi connectivity index (χ2n) is 5.06. The van der Waals surface area contributed by atoms with Gasteiger partial charge in [-0.1, -0.05) is 18.3 Å². The van der Waals surface area contributed by atoms with Gasteiger partial charge < -0.3 is 14.9 Å². The number of hydrogen-bond donors (Lipinski definition) is 1. The van der Waals surface area contributed by atoms with E-state index in [0.717, 1.165) is 35.2 Å². The predicted molar refractivity (Wildman–Crippen MR) is 76.3 cm³/mol. The first kappa shape index (κ1) is 13.8. The SMILES string of the molecule is CCc1nc(N2CCC(N(C)C)CC2)sc1CO. The Morgan fingerprint density at radius 1 is 1.39 bits per heavy atom. The third-order valence-corrected chi connectivity index (χ3v) is 4.85. The molecule has 18 heavy (non-hydrogen) atoms. The maximum atomic E-state index is 9.32. The Labute approximate surface area is 113 Å². The van der Waals surface area contributed by atoms with Crippen LogP contribution in [0.15, 0.2) is 0 Å². The van der Waals surface area contributed by atoms with Gasteiger partial charge in [0.25, 0.3) is 0 Å². The lowest BCUT2D eigenvalue weighted by Gasteiger charge is -2.35. The maximum Gasteiger partial charge on any atom is 0.185 e. The average Bonchev–Trinajstić information content (AvgIpc) is 2.82. The van der Waals surface area contributed by atoms with Crippen LogP contribution in [-0.4, -0.2) is 48.2 Å². The smallest absolute Gasteiger partial charge is 0.185 e. The van der Waals surface area contributed by atoms with Crippen LogP contribution in [-0.2, 0) is 13.0 Å². The summed E-state index contributed by atoms with van der Waals surface area (Å²) in [7, 11) is 4.31. The molecule has 1 saturated heterocycles. The van der Waals surface area contributed by atoms with E-state index in [1.54, 1.807) is 11.3 Å². The molecule has 0 bridgehead atoms. The number of aryl methyl sites for hydroxylation is 1. The molecule has 1 aromatic rings. The first-order valence-electron chi connectivity index (χ1n) is 6.66. The fourth-order valence-corrected chi connectivity index (χ4v) is 3.54. The van der Waals surface area contributed by atoms with Crippen LogP contribution >= 0.6 is 11.3 Å². The summed E-state index contributed by atoms with van der Waals surface area (Å²) in [5, 5.41) is 10.4. The van der Waals surface area contributed by atoms with Crippen LogP contribution in [0.3, 0.4) is 0 Å². The summed E-state index contributed by atoms with van der Waals surface area (Å²) in [5.41, 5.74) is 1.06. The van der Waals surface area contributed by atoms with Gasteiger partial charge in [-0.3, -0.25) is 0 Å². The second-order valence-corrected chi connectivity index (χ2v) is 6.12. The molecule has 2 rings (SSSR count). The Morgan fingerprint density at radius 2 is 2.06 bits per heavy atom. The average molecular weight is 269 g/mol. The molecule has 1 aromatic heterocycles. The highest BCUT2D eigenvalue weighted by atomic mass is 32.1. The van der Waals surface area contributed by atoms with E-state index in [2.05, 4.69) is 35.8 Å². The van der Waals surface area contributed by atoms with E-state index in [9.17, 15) is 5.11 Å². The minimum Gasteiger partial charge on any atom is -0.391 e. The van der Waals surface area contributed by atoms with Gasteiger partial charge >= 0.3 is 0 Å². The summed E-state index contributed by atoms with van der Waals surface area (Å²) in [6.45, 7) is 4.36. The molecule has 5 heteroatoms. The zero-order valence-corrected chi connectivity index (χ0v) is 12.3. The number of aromatic nitrogens is 1. The van der Waals surface area contributed by atoms with E-state index in [-0.39, 0.29) is 6.61 Å². The lowest BCUT2D eigenvalue weighted by atomic mass is 10.0. The first-order chi connectivity index (χ1) is 8.65. The van der Waals surface area contributed by atoms with E-state index < -0.39 is 0 Å². The molecule has 0 saturated carbocycles. The number of rotatable bonds is 4. The van der Waals surface area contributed by atoms with Crippen molar-refractivity contribution in [3.8, 4) is 0 Å². The Kier molecular flexibility index (Phi) is 4.59. The highest BCUT2D eigenvalue weighted by Gasteiger charge is 2.23. The molecular weight excluding hydrogens is 246 g/mol. The Balaban J connectivity index is 2.03. The van der Waals surface area contributed by atoms with Gasteiger partial charge in [0.2, 0.25) is 0 Å². The van der Waals surface area contributed by atoms with Gasteiger partial charge in [0.1, 0.15) is 0 Å². The van der Waals surface area contributed by atoms with E-state index in [1.807, 2.05) is 0 Å². The molecule has 0 unspecified atom stereocenters. The topological polar surface area (TPSA) is 39.6 Å². The molecule has 0 aliphatic carbocycles. The molecule has 1 N–H and O–H groups in total. The molecule has 1 aliphatic rings. The van der Waals surface area contributed by atoms with E-state index in [0.29, 0.717) is 6.04 Å². The van der Waals surface area contributed by atoms with Crippen molar-refractivity contribution >= 4 is 16.5 Å². The Hall–Kier alpha value is -0.650.